The number of alkyl halides is 6. The Morgan fingerprint density at radius 1 is 0.935 bits per heavy atom. The van der Waals surface area contributed by atoms with E-state index in [2.05, 4.69) is 4.90 Å². The van der Waals surface area contributed by atoms with Crippen LogP contribution in [0, 0.1) is 11.7 Å². The maximum atomic E-state index is 13.2. The zero-order chi connectivity index (χ0) is 22.8. The van der Waals surface area contributed by atoms with E-state index in [9.17, 15) is 30.7 Å². The van der Waals surface area contributed by atoms with Gasteiger partial charge in [0.05, 0.1) is 24.3 Å². The molecule has 0 aromatic heterocycles. The molecule has 1 aliphatic heterocycles. The number of piperidine rings is 1. The third kappa shape index (κ3) is 6.20. The second kappa shape index (κ2) is 9.16. The van der Waals surface area contributed by atoms with Crippen molar-refractivity contribution in [1.82, 2.24) is 4.90 Å². The average molecular weight is 449 g/mol. The lowest BCUT2D eigenvalue weighted by molar-refractivity contribution is -0.143. The molecule has 0 amide bonds. The molecular weight excluding hydrogens is 427 g/mol. The Morgan fingerprint density at radius 2 is 1.52 bits per heavy atom. The van der Waals surface area contributed by atoms with Crippen LogP contribution in [0.3, 0.4) is 0 Å². The van der Waals surface area contributed by atoms with Crippen LogP contribution >= 0.6 is 0 Å². The zero-order valence-corrected chi connectivity index (χ0v) is 16.7. The van der Waals surface area contributed by atoms with Crippen LogP contribution in [0.2, 0.25) is 0 Å². The van der Waals surface area contributed by atoms with E-state index in [0.717, 1.165) is 18.5 Å². The van der Waals surface area contributed by atoms with Gasteiger partial charge in [0.25, 0.3) is 0 Å². The first-order valence-electron chi connectivity index (χ1n) is 9.73. The van der Waals surface area contributed by atoms with Crippen molar-refractivity contribution in [2.24, 2.45) is 5.92 Å². The molecule has 0 unspecified atom stereocenters. The topological polar surface area (TPSA) is 12.5 Å². The van der Waals surface area contributed by atoms with E-state index in [1.165, 1.54) is 12.1 Å². The Kier molecular flexibility index (Phi) is 6.95. The Bertz CT molecular complexity index is 845. The molecule has 31 heavy (non-hydrogen) atoms. The second-order valence-corrected chi connectivity index (χ2v) is 7.90. The standard InChI is InChI=1S/C22H22F7NO/c1-30-7-6-20(15-2-4-19(23)5-3-15)16(11-30)13-31-12-14-8-17(21(24,25)26)10-18(9-14)22(27,28)29/h2-5,8-10,16,20H,6-7,11-13H2,1H3/t16-,20-/m0/s1. The number of likely N-dealkylation sites (tertiary alicyclic amines) is 1. The summed E-state index contributed by atoms with van der Waals surface area (Å²) in [6.45, 7) is 1.26. The fourth-order valence-corrected chi connectivity index (χ4v) is 3.96. The smallest absolute Gasteiger partial charge is 0.376 e. The minimum atomic E-state index is -4.89. The van der Waals surface area contributed by atoms with E-state index < -0.39 is 23.5 Å². The van der Waals surface area contributed by atoms with Crippen LogP contribution in [0.1, 0.15) is 34.6 Å². The quantitative estimate of drug-likeness (QED) is 0.511. The third-order valence-electron chi connectivity index (χ3n) is 5.48. The summed E-state index contributed by atoms with van der Waals surface area (Å²) in [5.41, 5.74) is -1.98. The minimum absolute atomic E-state index is 0.0305. The monoisotopic (exact) mass is 449 g/mol. The van der Waals surface area contributed by atoms with Crippen LogP contribution in [0.5, 0.6) is 0 Å². The van der Waals surface area contributed by atoms with E-state index in [1.807, 2.05) is 7.05 Å². The summed E-state index contributed by atoms with van der Waals surface area (Å²) in [7, 11) is 1.93. The molecular formula is C22H22F7NO. The van der Waals surface area contributed by atoms with Crippen molar-refractivity contribution in [3.63, 3.8) is 0 Å². The number of ether oxygens (including phenoxy) is 1. The van der Waals surface area contributed by atoms with Crippen LogP contribution < -0.4 is 0 Å². The Labute approximate surface area is 175 Å². The molecule has 0 N–H and O–H groups in total. The lowest BCUT2D eigenvalue weighted by atomic mass is 9.81. The second-order valence-electron chi connectivity index (χ2n) is 7.90. The highest BCUT2D eigenvalue weighted by molar-refractivity contribution is 5.33. The van der Waals surface area contributed by atoms with Gasteiger partial charge in [0, 0.05) is 12.5 Å². The third-order valence-corrected chi connectivity index (χ3v) is 5.48. The Morgan fingerprint density at radius 3 is 2.06 bits per heavy atom. The fraction of sp³-hybridized carbons (Fsp3) is 0.455. The summed E-state index contributed by atoms with van der Waals surface area (Å²) >= 11 is 0. The predicted molar refractivity (Wildman–Crippen MR) is 101 cm³/mol. The molecule has 9 heteroatoms. The molecule has 2 aromatic carbocycles. The van der Waals surface area contributed by atoms with Gasteiger partial charge in [-0.25, -0.2) is 4.39 Å². The molecule has 0 saturated carbocycles. The summed E-state index contributed by atoms with van der Waals surface area (Å²) in [5.74, 6) is -0.323. The van der Waals surface area contributed by atoms with Crippen molar-refractivity contribution >= 4 is 0 Å². The number of nitrogens with zero attached hydrogens (tertiary/aromatic N) is 1. The molecule has 1 saturated heterocycles. The van der Waals surface area contributed by atoms with Crippen LogP contribution in [0.15, 0.2) is 42.5 Å². The molecule has 170 valence electrons. The minimum Gasteiger partial charge on any atom is -0.376 e. The van der Waals surface area contributed by atoms with Crippen LogP contribution in [0.4, 0.5) is 30.7 Å². The molecule has 1 aliphatic rings. The first kappa shape index (κ1) is 23.5. The highest BCUT2D eigenvalue weighted by atomic mass is 19.4. The number of hydrogen-bond donors (Lipinski definition) is 0. The largest absolute Gasteiger partial charge is 0.416 e. The molecule has 0 bridgehead atoms. The van der Waals surface area contributed by atoms with Gasteiger partial charge in [0.2, 0.25) is 0 Å². The van der Waals surface area contributed by atoms with Crippen molar-refractivity contribution in [3.8, 4) is 0 Å². The van der Waals surface area contributed by atoms with E-state index >= 15 is 0 Å². The van der Waals surface area contributed by atoms with Crippen molar-refractivity contribution in [1.29, 1.82) is 0 Å². The molecule has 0 spiro atoms. The SMILES string of the molecule is CN1CC[C@@H](c2ccc(F)cc2)[C@H](COCc2cc(C(F)(F)F)cc(C(F)(F)F)c2)C1. The van der Waals surface area contributed by atoms with Gasteiger partial charge in [-0.2, -0.15) is 26.3 Å². The zero-order valence-electron chi connectivity index (χ0n) is 16.7. The summed E-state index contributed by atoms with van der Waals surface area (Å²) in [4.78, 5) is 2.08. The van der Waals surface area contributed by atoms with Gasteiger partial charge in [0.1, 0.15) is 5.82 Å². The molecule has 0 radical (unpaired) electrons. The maximum absolute atomic E-state index is 13.2. The molecule has 2 atom stereocenters. The molecule has 1 fully saturated rings. The van der Waals surface area contributed by atoms with Gasteiger partial charge in [0.15, 0.2) is 0 Å². The van der Waals surface area contributed by atoms with Gasteiger partial charge < -0.3 is 9.64 Å². The van der Waals surface area contributed by atoms with Crippen molar-refractivity contribution in [2.75, 3.05) is 26.7 Å². The number of benzene rings is 2. The molecule has 2 nitrogen and oxygen atoms in total. The van der Waals surface area contributed by atoms with Crippen LogP contribution in [-0.2, 0) is 23.7 Å². The van der Waals surface area contributed by atoms with E-state index in [1.54, 1.807) is 12.1 Å². The summed E-state index contributed by atoms with van der Waals surface area (Å²) in [5, 5.41) is 0. The maximum Gasteiger partial charge on any atom is 0.416 e. The number of rotatable bonds is 5. The lowest BCUT2D eigenvalue weighted by Gasteiger charge is -2.37. The average Bonchev–Trinajstić information content (AvgIpc) is 2.67. The van der Waals surface area contributed by atoms with Crippen molar-refractivity contribution in [3.05, 3.63) is 70.5 Å². The van der Waals surface area contributed by atoms with E-state index in [4.69, 9.17) is 4.74 Å². The normalized spacial score (nSPS) is 20.8. The molecule has 1 heterocycles. The fourth-order valence-electron chi connectivity index (χ4n) is 3.96. The first-order valence-corrected chi connectivity index (χ1v) is 9.73. The van der Waals surface area contributed by atoms with Crippen LogP contribution in [-0.4, -0.2) is 31.6 Å². The van der Waals surface area contributed by atoms with Crippen LogP contribution in [0.25, 0.3) is 0 Å². The van der Waals surface area contributed by atoms with Gasteiger partial charge in [-0.05, 0) is 67.4 Å². The molecule has 3 rings (SSSR count). The summed E-state index contributed by atoms with van der Waals surface area (Å²) < 4.78 is 96.9. The van der Waals surface area contributed by atoms with Crippen molar-refractivity contribution < 1.29 is 35.5 Å². The number of halogens is 7. The summed E-state index contributed by atoms with van der Waals surface area (Å²) in [6.07, 6.45) is -9.00. The Hall–Kier alpha value is -2.13. The van der Waals surface area contributed by atoms with Gasteiger partial charge in [-0.1, -0.05) is 12.1 Å². The summed E-state index contributed by atoms with van der Waals surface area (Å²) in [6, 6.07) is 7.59. The molecule has 0 aliphatic carbocycles. The van der Waals surface area contributed by atoms with Gasteiger partial charge in [-0.3, -0.25) is 0 Å². The highest BCUT2D eigenvalue weighted by Gasteiger charge is 2.37. The number of hydrogen-bond acceptors (Lipinski definition) is 2. The van der Waals surface area contributed by atoms with Crippen molar-refractivity contribution in [2.45, 2.75) is 31.3 Å². The van der Waals surface area contributed by atoms with E-state index in [0.29, 0.717) is 18.7 Å². The van der Waals surface area contributed by atoms with Gasteiger partial charge in [-0.15, -0.1) is 0 Å². The predicted octanol–water partition coefficient (Wildman–Crippen LogP) is 6.12. The molecule has 2 aromatic rings. The Balaban J connectivity index is 1.73. The van der Waals surface area contributed by atoms with E-state index in [-0.39, 0.29) is 42.5 Å². The lowest BCUT2D eigenvalue weighted by Crippen LogP contribution is -2.39. The highest BCUT2D eigenvalue weighted by Crippen LogP contribution is 2.37. The van der Waals surface area contributed by atoms with Gasteiger partial charge >= 0.3 is 12.4 Å². The first-order chi connectivity index (χ1) is 14.4.